The zero-order chi connectivity index (χ0) is 15.1. The van der Waals surface area contributed by atoms with E-state index >= 15 is 0 Å². The summed E-state index contributed by atoms with van der Waals surface area (Å²) in [4.78, 5) is 10.9. The number of carbonyl (C=O) groups is 1. The fourth-order valence-corrected chi connectivity index (χ4v) is 2.48. The lowest BCUT2D eigenvalue weighted by Gasteiger charge is -2.36. The Balaban J connectivity index is 3.70. The predicted molar refractivity (Wildman–Crippen MR) is 78.5 cm³/mol. The number of hydrogen-bond donors (Lipinski definition) is 0. The summed E-state index contributed by atoms with van der Waals surface area (Å²) in [7, 11) is -0.448. The summed E-state index contributed by atoms with van der Waals surface area (Å²) in [5.74, 6) is -0.766. The van der Waals surface area contributed by atoms with E-state index in [1.54, 1.807) is 0 Å². The zero-order valence-corrected chi connectivity index (χ0v) is 14.2. The first kappa shape index (κ1) is 18.6. The highest BCUT2D eigenvalue weighted by atomic mass is 28.4. The number of rotatable bonds is 8. The molecule has 0 aliphatic rings. The number of alkyl halides is 1. The van der Waals surface area contributed by atoms with Crippen molar-refractivity contribution in [2.24, 2.45) is 0 Å². The normalized spacial score (nSPS) is 14.3. The molecule has 0 spiro atoms. The molecule has 1 atom stereocenters. The van der Waals surface area contributed by atoms with E-state index in [1.807, 2.05) is 0 Å². The summed E-state index contributed by atoms with van der Waals surface area (Å²) in [5, 5.41) is 0.224. The molecule has 0 heterocycles. The second-order valence-electron chi connectivity index (χ2n) is 6.45. The van der Waals surface area contributed by atoms with E-state index in [0.717, 1.165) is 19.4 Å². The molecule has 0 unspecified atom stereocenters. The van der Waals surface area contributed by atoms with Gasteiger partial charge >= 0.3 is 5.97 Å². The minimum atomic E-state index is -1.66. The van der Waals surface area contributed by atoms with Gasteiger partial charge in [0.2, 0.25) is 0 Å². The number of methoxy groups -OCH3 is 1. The predicted octanol–water partition coefficient (Wildman–Crippen LogP) is 4.08. The molecule has 19 heavy (non-hydrogen) atoms. The van der Waals surface area contributed by atoms with Crippen LogP contribution in [0.3, 0.4) is 0 Å². The first-order valence-corrected chi connectivity index (χ1v) is 9.88. The topological polar surface area (TPSA) is 35.5 Å². The van der Waals surface area contributed by atoms with E-state index in [1.165, 1.54) is 7.11 Å². The molecule has 0 radical (unpaired) electrons. The largest absolute Gasteiger partial charge is 0.467 e. The van der Waals surface area contributed by atoms with Crippen LogP contribution < -0.4 is 0 Å². The van der Waals surface area contributed by atoms with Crippen LogP contribution in [0.1, 0.15) is 46.5 Å². The standard InChI is InChI=1S/C14H29FO3Si/c1-14(2,3)19(5,6)18-11-9-7-8-10-12(15)13(16)17-4/h12H,7-11H2,1-6H3/t12-/m0/s1. The highest BCUT2D eigenvalue weighted by Gasteiger charge is 2.36. The molecule has 0 rings (SSSR count). The molecule has 0 amide bonds. The van der Waals surface area contributed by atoms with Gasteiger partial charge in [-0.05, 0) is 37.4 Å². The van der Waals surface area contributed by atoms with Gasteiger partial charge in [0.1, 0.15) is 0 Å². The Bertz CT molecular complexity index is 274. The first-order valence-electron chi connectivity index (χ1n) is 6.97. The average molecular weight is 292 g/mol. The maximum absolute atomic E-state index is 13.2. The Hall–Kier alpha value is -0.423. The van der Waals surface area contributed by atoms with Crippen LogP contribution >= 0.6 is 0 Å². The van der Waals surface area contributed by atoms with Gasteiger partial charge in [-0.3, -0.25) is 0 Å². The van der Waals surface area contributed by atoms with Gasteiger partial charge in [0, 0.05) is 6.61 Å². The number of hydrogen-bond acceptors (Lipinski definition) is 3. The molecular weight excluding hydrogens is 263 g/mol. The molecule has 0 aliphatic carbocycles. The van der Waals surface area contributed by atoms with E-state index in [0.29, 0.717) is 6.42 Å². The second-order valence-corrected chi connectivity index (χ2v) is 11.3. The summed E-state index contributed by atoms with van der Waals surface area (Å²) in [6.45, 7) is 11.8. The fourth-order valence-electron chi connectivity index (χ4n) is 1.39. The van der Waals surface area contributed by atoms with E-state index in [9.17, 15) is 9.18 Å². The minimum absolute atomic E-state index is 0.224. The summed E-state index contributed by atoms with van der Waals surface area (Å²) in [5.41, 5.74) is 0. The fraction of sp³-hybridized carbons (Fsp3) is 0.929. The van der Waals surface area contributed by atoms with Gasteiger partial charge in [-0.15, -0.1) is 0 Å². The number of halogens is 1. The van der Waals surface area contributed by atoms with Crippen molar-refractivity contribution >= 4 is 14.3 Å². The summed E-state index contributed by atoms with van der Waals surface area (Å²) in [6, 6.07) is 0. The minimum Gasteiger partial charge on any atom is -0.467 e. The Morgan fingerprint density at radius 2 is 1.79 bits per heavy atom. The maximum atomic E-state index is 13.2. The molecule has 5 heteroatoms. The second kappa shape index (κ2) is 8.00. The van der Waals surface area contributed by atoms with Crippen LogP contribution in [0.2, 0.25) is 18.1 Å². The molecule has 0 saturated heterocycles. The van der Waals surface area contributed by atoms with Crippen molar-refractivity contribution in [1.29, 1.82) is 0 Å². The molecule has 3 nitrogen and oxygen atoms in total. The zero-order valence-electron chi connectivity index (χ0n) is 13.2. The summed E-state index contributed by atoms with van der Waals surface area (Å²) < 4.78 is 23.5. The van der Waals surface area contributed by atoms with Crippen molar-refractivity contribution in [3.8, 4) is 0 Å². The van der Waals surface area contributed by atoms with Crippen LogP contribution in [0, 0.1) is 0 Å². The highest BCUT2D eigenvalue weighted by molar-refractivity contribution is 6.74. The third-order valence-electron chi connectivity index (χ3n) is 3.83. The summed E-state index contributed by atoms with van der Waals surface area (Å²) >= 11 is 0. The van der Waals surface area contributed by atoms with Crippen molar-refractivity contribution in [2.75, 3.05) is 13.7 Å². The SMILES string of the molecule is COC(=O)[C@@H](F)CCCCCO[Si](C)(C)C(C)(C)C. The number of unbranched alkanes of at least 4 members (excludes halogenated alkanes) is 2. The Labute approximate surface area is 118 Å². The van der Waals surface area contributed by atoms with E-state index in [-0.39, 0.29) is 11.5 Å². The van der Waals surface area contributed by atoms with E-state index in [2.05, 4.69) is 38.6 Å². The van der Waals surface area contributed by atoms with Crippen molar-refractivity contribution in [2.45, 2.75) is 70.8 Å². The smallest absolute Gasteiger partial charge is 0.340 e. The number of carbonyl (C=O) groups excluding carboxylic acids is 1. The molecule has 0 N–H and O–H groups in total. The van der Waals surface area contributed by atoms with Crippen molar-refractivity contribution in [3.63, 3.8) is 0 Å². The lowest BCUT2D eigenvalue weighted by Crippen LogP contribution is -2.40. The molecule has 0 fully saturated rings. The van der Waals surface area contributed by atoms with Gasteiger partial charge in [-0.25, -0.2) is 9.18 Å². The van der Waals surface area contributed by atoms with Crippen molar-refractivity contribution < 1.29 is 18.3 Å². The molecule has 0 aliphatic heterocycles. The third kappa shape index (κ3) is 7.06. The van der Waals surface area contributed by atoms with Gasteiger partial charge in [-0.1, -0.05) is 27.2 Å². The van der Waals surface area contributed by atoms with Gasteiger partial charge in [0.25, 0.3) is 0 Å². The molecule has 0 aromatic heterocycles. The Kier molecular flexibility index (Phi) is 7.82. The monoisotopic (exact) mass is 292 g/mol. The van der Waals surface area contributed by atoms with Crippen LogP contribution in [0.5, 0.6) is 0 Å². The Morgan fingerprint density at radius 3 is 2.26 bits per heavy atom. The van der Waals surface area contributed by atoms with Crippen LogP contribution in [-0.4, -0.2) is 34.2 Å². The van der Waals surface area contributed by atoms with Crippen LogP contribution in [0.4, 0.5) is 4.39 Å². The highest BCUT2D eigenvalue weighted by Crippen LogP contribution is 2.36. The maximum Gasteiger partial charge on any atom is 0.340 e. The molecular formula is C14H29FO3Si. The molecule has 0 aromatic carbocycles. The van der Waals surface area contributed by atoms with Gasteiger partial charge < -0.3 is 9.16 Å². The van der Waals surface area contributed by atoms with Crippen LogP contribution in [-0.2, 0) is 14.0 Å². The van der Waals surface area contributed by atoms with Crippen molar-refractivity contribution in [1.82, 2.24) is 0 Å². The lowest BCUT2D eigenvalue weighted by atomic mass is 10.1. The molecule has 0 saturated carbocycles. The summed E-state index contributed by atoms with van der Waals surface area (Å²) in [6.07, 6.45) is 1.25. The van der Waals surface area contributed by atoms with Crippen LogP contribution in [0.15, 0.2) is 0 Å². The lowest BCUT2D eigenvalue weighted by molar-refractivity contribution is -0.146. The first-order chi connectivity index (χ1) is 8.62. The van der Waals surface area contributed by atoms with E-state index in [4.69, 9.17) is 4.43 Å². The van der Waals surface area contributed by atoms with Crippen LogP contribution in [0.25, 0.3) is 0 Å². The number of esters is 1. The van der Waals surface area contributed by atoms with Gasteiger partial charge in [0.05, 0.1) is 7.11 Å². The van der Waals surface area contributed by atoms with E-state index < -0.39 is 20.5 Å². The Morgan fingerprint density at radius 1 is 1.21 bits per heavy atom. The van der Waals surface area contributed by atoms with Gasteiger partial charge in [-0.2, -0.15) is 0 Å². The van der Waals surface area contributed by atoms with Crippen molar-refractivity contribution in [3.05, 3.63) is 0 Å². The number of ether oxygens (including phenoxy) is 1. The quantitative estimate of drug-likeness (QED) is 0.384. The van der Waals surface area contributed by atoms with Gasteiger partial charge in [0.15, 0.2) is 14.5 Å². The average Bonchev–Trinajstić information content (AvgIpc) is 2.30. The molecule has 114 valence electrons. The molecule has 0 bridgehead atoms. The third-order valence-corrected chi connectivity index (χ3v) is 8.37. The molecule has 0 aromatic rings.